The van der Waals surface area contributed by atoms with E-state index in [0.29, 0.717) is 6.54 Å². The smallest absolute Gasteiger partial charge is 0.123 e. The van der Waals surface area contributed by atoms with Crippen LogP contribution in [-0.4, -0.2) is 20.2 Å². The van der Waals surface area contributed by atoms with Gasteiger partial charge in [0.1, 0.15) is 5.75 Å². The molecule has 19 heavy (non-hydrogen) atoms. The van der Waals surface area contributed by atoms with Gasteiger partial charge in [0, 0.05) is 22.6 Å². The van der Waals surface area contributed by atoms with Crippen LogP contribution in [0.3, 0.4) is 0 Å². The van der Waals surface area contributed by atoms with Crippen LogP contribution < -0.4 is 15.8 Å². The Bertz CT molecular complexity index is 407. The lowest BCUT2D eigenvalue weighted by atomic mass is 10.1. The molecule has 0 heterocycles. The third-order valence-electron chi connectivity index (χ3n) is 3.68. The zero-order valence-corrected chi connectivity index (χ0v) is 13.1. The molecule has 0 radical (unpaired) electrons. The Morgan fingerprint density at radius 2 is 2.26 bits per heavy atom. The van der Waals surface area contributed by atoms with Crippen molar-refractivity contribution in [3.63, 3.8) is 0 Å². The first-order valence-electron chi connectivity index (χ1n) is 7.01. The van der Waals surface area contributed by atoms with Gasteiger partial charge in [-0.3, -0.25) is 0 Å². The summed E-state index contributed by atoms with van der Waals surface area (Å²) < 4.78 is 6.48. The van der Waals surface area contributed by atoms with Crippen LogP contribution in [0.5, 0.6) is 5.75 Å². The molecule has 1 aromatic carbocycles. The Kier molecular flexibility index (Phi) is 5.67. The Hall–Kier alpha value is -0.580. The van der Waals surface area contributed by atoms with Crippen LogP contribution in [0.15, 0.2) is 22.7 Å². The van der Waals surface area contributed by atoms with E-state index in [0.717, 1.165) is 28.2 Å². The second-order valence-corrected chi connectivity index (χ2v) is 6.13. The van der Waals surface area contributed by atoms with Gasteiger partial charge in [-0.15, -0.1) is 0 Å². The van der Waals surface area contributed by atoms with Crippen LogP contribution in [0.2, 0.25) is 0 Å². The zero-order chi connectivity index (χ0) is 13.7. The maximum absolute atomic E-state index is 5.90. The molecule has 3 nitrogen and oxygen atoms in total. The van der Waals surface area contributed by atoms with E-state index in [1.165, 1.54) is 25.7 Å². The zero-order valence-electron chi connectivity index (χ0n) is 11.5. The molecule has 1 aliphatic carbocycles. The molecule has 0 aromatic heterocycles. The van der Waals surface area contributed by atoms with Crippen LogP contribution in [-0.2, 0) is 0 Å². The molecule has 0 spiro atoms. The molecular weight excluding hydrogens is 304 g/mol. The number of rotatable bonds is 8. The van der Waals surface area contributed by atoms with Gasteiger partial charge >= 0.3 is 0 Å². The molecule has 0 bridgehead atoms. The van der Waals surface area contributed by atoms with E-state index in [1.807, 2.05) is 12.1 Å². The molecule has 4 heteroatoms. The second-order valence-electron chi connectivity index (χ2n) is 5.21. The Labute approximate surface area is 124 Å². The Morgan fingerprint density at radius 3 is 2.89 bits per heavy atom. The quantitative estimate of drug-likeness (QED) is 0.721. The van der Waals surface area contributed by atoms with Crippen molar-refractivity contribution in [2.75, 3.05) is 20.2 Å². The average molecular weight is 327 g/mol. The number of methoxy groups -OCH3 is 1. The minimum atomic E-state index is 0.159. The van der Waals surface area contributed by atoms with Gasteiger partial charge in [-0.1, -0.05) is 28.8 Å². The van der Waals surface area contributed by atoms with Crippen molar-refractivity contribution < 1.29 is 4.74 Å². The predicted octanol–water partition coefficient (Wildman–Crippen LogP) is 3.24. The standard InChI is InChI=1S/C15H23BrN2O/c1-19-15-7-6-12(16)9-13(15)14(10-17)18-8-2-3-11-4-5-11/h6-7,9,11,14,18H,2-5,8,10,17H2,1H3. The van der Waals surface area contributed by atoms with E-state index in [-0.39, 0.29) is 6.04 Å². The van der Waals surface area contributed by atoms with E-state index in [1.54, 1.807) is 7.11 Å². The van der Waals surface area contributed by atoms with Crippen LogP contribution >= 0.6 is 15.9 Å². The molecule has 1 aliphatic rings. The van der Waals surface area contributed by atoms with Gasteiger partial charge in [-0.25, -0.2) is 0 Å². The van der Waals surface area contributed by atoms with Crippen molar-refractivity contribution in [2.24, 2.45) is 11.7 Å². The summed E-state index contributed by atoms with van der Waals surface area (Å²) in [6, 6.07) is 6.22. The van der Waals surface area contributed by atoms with Crippen molar-refractivity contribution in [2.45, 2.75) is 31.7 Å². The number of nitrogens with two attached hydrogens (primary N) is 1. The maximum Gasteiger partial charge on any atom is 0.123 e. The number of hydrogen-bond acceptors (Lipinski definition) is 3. The summed E-state index contributed by atoms with van der Waals surface area (Å²) in [4.78, 5) is 0. The van der Waals surface area contributed by atoms with Crippen molar-refractivity contribution in [1.82, 2.24) is 5.32 Å². The summed E-state index contributed by atoms with van der Waals surface area (Å²) in [5, 5.41) is 3.54. The molecule has 3 N–H and O–H groups in total. The normalized spacial score (nSPS) is 16.4. The summed E-state index contributed by atoms with van der Waals surface area (Å²) in [5.74, 6) is 1.90. The number of benzene rings is 1. The fraction of sp³-hybridized carbons (Fsp3) is 0.600. The summed E-state index contributed by atoms with van der Waals surface area (Å²) in [5.41, 5.74) is 7.03. The molecule has 0 aliphatic heterocycles. The first-order chi connectivity index (χ1) is 9.24. The molecular formula is C15H23BrN2O. The number of nitrogens with one attached hydrogen (secondary N) is 1. The number of halogens is 1. The van der Waals surface area contributed by atoms with Gasteiger partial charge in [0.15, 0.2) is 0 Å². The van der Waals surface area contributed by atoms with Crippen molar-refractivity contribution in [1.29, 1.82) is 0 Å². The Morgan fingerprint density at radius 1 is 1.47 bits per heavy atom. The molecule has 1 unspecified atom stereocenters. The van der Waals surface area contributed by atoms with E-state index in [2.05, 4.69) is 27.3 Å². The minimum Gasteiger partial charge on any atom is -0.496 e. The van der Waals surface area contributed by atoms with Gasteiger partial charge in [0.05, 0.1) is 7.11 Å². The van der Waals surface area contributed by atoms with Gasteiger partial charge in [-0.05, 0) is 43.5 Å². The van der Waals surface area contributed by atoms with Gasteiger partial charge in [0.25, 0.3) is 0 Å². The second kappa shape index (κ2) is 7.27. The van der Waals surface area contributed by atoms with Crippen LogP contribution in [0.4, 0.5) is 0 Å². The third kappa shape index (κ3) is 4.48. The maximum atomic E-state index is 5.90. The highest BCUT2D eigenvalue weighted by molar-refractivity contribution is 9.10. The van der Waals surface area contributed by atoms with Crippen molar-refractivity contribution >= 4 is 15.9 Å². The minimum absolute atomic E-state index is 0.159. The van der Waals surface area contributed by atoms with Gasteiger partial charge < -0.3 is 15.8 Å². The van der Waals surface area contributed by atoms with E-state index >= 15 is 0 Å². The first-order valence-corrected chi connectivity index (χ1v) is 7.80. The molecule has 0 amide bonds. The SMILES string of the molecule is COc1ccc(Br)cc1C(CN)NCCCC1CC1. The third-order valence-corrected chi connectivity index (χ3v) is 4.17. The predicted molar refractivity (Wildman–Crippen MR) is 82.5 cm³/mol. The fourth-order valence-electron chi connectivity index (χ4n) is 2.37. The summed E-state index contributed by atoms with van der Waals surface area (Å²) >= 11 is 3.51. The average Bonchev–Trinajstić information content (AvgIpc) is 3.23. The highest BCUT2D eigenvalue weighted by Crippen LogP contribution is 2.33. The summed E-state index contributed by atoms with van der Waals surface area (Å²) in [6.45, 7) is 1.60. The first kappa shape index (κ1) is 14.8. The highest BCUT2D eigenvalue weighted by Gasteiger charge is 2.20. The largest absolute Gasteiger partial charge is 0.496 e. The Balaban J connectivity index is 1.92. The molecule has 1 atom stereocenters. The van der Waals surface area contributed by atoms with Crippen LogP contribution in [0, 0.1) is 5.92 Å². The lowest BCUT2D eigenvalue weighted by molar-refractivity contribution is 0.398. The molecule has 0 saturated heterocycles. The van der Waals surface area contributed by atoms with Gasteiger partial charge in [0.2, 0.25) is 0 Å². The van der Waals surface area contributed by atoms with Crippen molar-refractivity contribution in [3.8, 4) is 5.75 Å². The molecule has 106 valence electrons. The molecule has 1 fully saturated rings. The monoisotopic (exact) mass is 326 g/mol. The van der Waals surface area contributed by atoms with E-state index < -0.39 is 0 Å². The molecule has 2 rings (SSSR count). The van der Waals surface area contributed by atoms with Crippen molar-refractivity contribution in [3.05, 3.63) is 28.2 Å². The summed E-state index contributed by atoms with van der Waals surface area (Å²) in [7, 11) is 1.70. The van der Waals surface area contributed by atoms with Gasteiger partial charge in [-0.2, -0.15) is 0 Å². The molecule has 1 saturated carbocycles. The topological polar surface area (TPSA) is 47.3 Å². The van der Waals surface area contributed by atoms with Crippen LogP contribution in [0.1, 0.15) is 37.3 Å². The molecule has 1 aromatic rings. The highest BCUT2D eigenvalue weighted by atomic mass is 79.9. The van der Waals surface area contributed by atoms with E-state index in [4.69, 9.17) is 10.5 Å². The number of ether oxygens (including phenoxy) is 1. The van der Waals surface area contributed by atoms with E-state index in [9.17, 15) is 0 Å². The fourth-order valence-corrected chi connectivity index (χ4v) is 2.75. The number of hydrogen-bond donors (Lipinski definition) is 2. The lowest BCUT2D eigenvalue weighted by Crippen LogP contribution is -2.29. The summed E-state index contributed by atoms with van der Waals surface area (Å²) in [6.07, 6.45) is 5.44. The lowest BCUT2D eigenvalue weighted by Gasteiger charge is -2.20. The van der Waals surface area contributed by atoms with Crippen LogP contribution in [0.25, 0.3) is 0 Å².